The number of thiocarbonyl (C=S) groups is 1. The zero-order valence-corrected chi connectivity index (χ0v) is 21.4. The van der Waals surface area contributed by atoms with Crippen LogP contribution in [0.25, 0.3) is 4.85 Å². The Bertz CT molecular complexity index is 1320. The van der Waals surface area contributed by atoms with Crippen molar-refractivity contribution in [1.82, 2.24) is 0 Å². The third-order valence-electron chi connectivity index (χ3n) is 7.90. The number of likely N-dealkylation sites (N-methyl/N-ethyl adjacent to an activating group) is 2. The predicted molar refractivity (Wildman–Crippen MR) is 143 cm³/mol. The number of fused-ring (bicyclic) bond motifs is 2. The van der Waals surface area contributed by atoms with Gasteiger partial charge in [0, 0.05) is 52.6 Å². The fraction of sp³-hybridized carbons (Fsp3) is 0.345. The van der Waals surface area contributed by atoms with Gasteiger partial charge in [0.15, 0.2) is 5.69 Å². The maximum atomic E-state index is 9.44. The molecule has 0 aromatic heterocycles. The zero-order chi connectivity index (χ0) is 24.6. The van der Waals surface area contributed by atoms with Crippen molar-refractivity contribution < 1.29 is 0 Å². The molecule has 2 heterocycles. The van der Waals surface area contributed by atoms with Crippen molar-refractivity contribution in [1.29, 1.82) is 5.26 Å². The molecule has 0 unspecified atom stereocenters. The van der Waals surface area contributed by atoms with Crippen LogP contribution in [0, 0.1) is 17.9 Å². The lowest BCUT2D eigenvalue weighted by molar-refractivity contribution is 0.630. The molecule has 0 amide bonds. The Morgan fingerprint density at radius 3 is 1.88 bits per heavy atom. The number of benzene rings is 2. The van der Waals surface area contributed by atoms with E-state index in [1.165, 1.54) is 33.7 Å². The van der Waals surface area contributed by atoms with Crippen LogP contribution in [0.2, 0.25) is 0 Å². The highest BCUT2D eigenvalue weighted by Crippen LogP contribution is 2.54. The van der Waals surface area contributed by atoms with Gasteiger partial charge in [0.2, 0.25) is 0 Å². The molecule has 0 atom stereocenters. The second kappa shape index (κ2) is 7.29. The molecule has 4 nitrogen and oxygen atoms in total. The molecular formula is C29H28N4S. The van der Waals surface area contributed by atoms with Gasteiger partial charge in [-0.25, -0.2) is 4.85 Å². The highest BCUT2D eigenvalue weighted by atomic mass is 32.1. The molecule has 5 rings (SSSR count). The zero-order valence-electron chi connectivity index (χ0n) is 20.6. The van der Waals surface area contributed by atoms with Gasteiger partial charge in [-0.15, -0.1) is 0 Å². The van der Waals surface area contributed by atoms with Gasteiger partial charge >= 0.3 is 0 Å². The molecule has 0 radical (unpaired) electrons. The molecule has 0 N–H and O–H groups in total. The largest absolute Gasteiger partial charge is 0.347 e. The van der Waals surface area contributed by atoms with Crippen molar-refractivity contribution in [2.75, 3.05) is 23.9 Å². The minimum atomic E-state index is -0.235. The van der Waals surface area contributed by atoms with Gasteiger partial charge in [0.1, 0.15) is 0 Å². The SMILES string of the molecule is [C-]#[N+]c1ccc2c(c1)C(C)(C)/C(=C1/CC/C(=C3\N(C)c4ccc(C#N)cc4C3(C)C)C1=S)N2C. The molecule has 0 saturated heterocycles. The number of hydrogen-bond donors (Lipinski definition) is 0. The van der Waals surface area contributed by atoms with Crippen LogP contribution in [0.3, 0.4) is 0 Å². The van der Waals surface area contributed by atoms with Crippen LogP contribution in [-0.4, -0.2) is 19.0 Å². The fourth-order valence-electron chi connectivity index (χ4n) is 6.39. The van der Waals surface area contributed by atoms with Crippen molar-refractivity contribution in [3.05, 3.63) is 87.0 Å². The number of hydrogen-bond acceptors (Lipinski definition) is 4. The average Bonchev–Trinajstić information content (AvgIpc) is 3.33. The number of nitrogens with zero attached hydrogens (tertiary/aromatic N) is 4. The highest BCUT2D eigenvalue weighted by molar-refractivity contribution is 7.81. The van der Waals surface area contributed by atoms with E-state index in [9.17, 15) is 5.26 Å². The Labute approximate surface area is 207 Å². The van der Waals surface area contributed by atoms with Crippen LogP contribution in [0.5, 0.6) is 0 Å². The second-order valence-corrected chi connectivity index (χ2v) is 10.9. The molecule has 1 saturated carbocycles. The molecular weight excluding hydrogens is 436 g/mol. The summed E-state index contributed by atoms with van der Waals surface area (Å²) in [4.78, 5) is 9.15. The maximum Gasteiger partial charge on any atom is 0.187 e. The highest BCUT2D eigenvalue weighted by Gasteiger charge is 2.45. The van der Waals surface area contributed by atoms with Gasteiger partial charge in [0.05, 0.1) is 18.2 Å². The molecule has 2 aromatic rings. The molecule has 2 aromatic carbocycles. The molecule has 0 spiro atoms. The Morgan fingerprint density at radius 2 is 1.38 bits per heavy atom. The first kappa shape index (κ1) is 22.4. The summed E-state index contributed by atoms with van der Waals surface area (Å²) in [6, 6.07) is 14.2. The van der Waals surface area contributed by atoms with Crippen LogP contribution in [-0.2, 0) is 10.8 Å². The van der Waals surface area contributed by atoms with Crippen LogP contribution < -0.4 is 9.80 Å². The van der Waals surface area contributed by atoms with E-state index in [1.54, 1.807) is 0 Å². The molecule has 170 valence electrons. The lowest BCUT2D eigenvalue weighted by Gasteiger charge is -2.28. The quantitative estimate of drug-likeness (QED) is 0.240. The van der Waals surface area contributed by atoms with Crippen LogP contribution in [0.4, 0.5) is 17.1 Å². The molecule has 5 heteroatoms. The first-order chi connectivity index (χ1) is 16.0. The Morgan fingerprint density at radius 1 is 0.882 bits per heavy atom. The van der Waals surface area contributed by atoms with E-state index in [1.807, 2.05) is 24.3 Å². The lowest BCUT2D eigenvalue weighted by Crippen LogP contribution is -2.28. The van der Waals surface area contributed by atoms with Crippen LogP contribution in [0.1, 0.15) is 57.2 Å². The van der Waals surface area contributed by atoms with Gasteiger partial charge in [0.25, 0.3) is 0 Å². The summed E-state index contributed by atoms with van der Waals surface area (Å²) in [6.07, 6.45) is 1.82. The van der Waals surface area contributed by atoms with E-state index in [0.29, 0.717) is 11.3 Å². The second-order valence-electron chi connectivity index (χ2n) is 10.5. The lowest BCUT2D eigenvalue weighted by atomic mass is 9.80. The Hall–Kier alpha value is -3.41. The van der Waals surface area contributed by atoms with Crippen molar-refractivity contribution in [2.24, 2.45) is 0 Å². The minimum absolute atomic E-state index is 0.230. The Kier molecular flexibility index (Phi) is 4.80. The molecule has 0 bridgehead atoms. The van der Waals surface area contributed by atoms with Crippen molar-refractivity contribution in [2.45, 2.75) is 51.4 Å². The monoisotopic (exact) mass is 464 g/mol. The number of nitriles is 1. The Balaban J connectivity index is 1.65. The van der Waals surface area contributed by atoms with Gasteiger partial charge in [-0.2, -0.15) is 5.26 Å². The molecule has 1 fully saturated rings. The van der Waals surface area contributed by atoms with E-state index in [2.05, 4.69) is 74.6 Å². The third-order valence-corrected chi connectivity index (χ3v) is 8.40. The summed E-state index contributed by atoms with van der Waals surface area (Å²) in [5.41, 5.74) is 10.5. The number of anilines is 2. The van der Waals surface area contributed by atoms with E-state index >= 15 is 0 Å². The summed E-state index contributed by atoms with van der Waals surface area (Å²) < 4.78 is 0. The smallest absolute Gasteiger partial charge is 0.187 e. The summed E-state index contributed by atoms with van der Waals surface area (Å²) in [6.45, 7) is 16.4. The minimum Gasteiger partial charge on any atom is -0.347 e. The van der Waals surface area contributed by atoms with Gasteiger partial charge in [-0.1, -0.05) is 52.0 Å². The average molecular weight is 465 g/mol. The third kappa shape index (κ3) is 2.84. The fourth-order valence-corrected chi connectivity index (χ4v) is 6.79. The summed E-state index contributed by atoms with van der Waals surface area (Å²) in [7, 11) is 4.23. The standard InChI is InChI=1S/C29H28N4S/c1-28(2)21-14-17(16-30)8-12-23(21)32(6)26(28)19-10-11-20(25(19)34)27-29(3,4)22-15-18(31-5)9-13-24(22)33(27)7/h8-9,12-15H,10-11H2,1-4,6-7H3/b26-19+,27-20+. The topological polar surface area (TPSA) is 34.6 Å². The van der Waals surface area contributed by atoms with E-state index in [-0.39, 0.29) is 10.8 Å². The van der Waals surface area contributed by atoms with Crippen LogP contribution >= 0.6 is 12.2 Å². The first-order valence-electron chi connectivity index (χ1n) is 11.6. The van der Waals surface area contributed by atoms with Crippen LogP contribution in [0.15, 0.2) is 58.9 Å². The van der Waals surface area contributed by atoms with Crippen molar-refractivity contribution >= 4 is 34.1 Å². The van der Waals surface area contributed by atoms with Gasteiger partial charge < -0.3 is 9.80 Å². The maximum absolute atomic E-state index is 9.44. The molecule has 34 heavy (non-hydrogen) atoms. The predicted octanol–water partition coefficient (Wildman–Crippen LogP) is 6.94. The molecule has 1 aliphatic carbocycles. The summed E-state index contributed by atoms with van der Waals surface area (Å²) in [5.74, 6) is 0. The van der Waals surface area contributed by atoms with Crippen molar-refractivity contribution in [3.8, 4) is 6.07 Å². The van der Waals surface area contributed by atoms with E-state index < -0.39 is 0 Å². The molecule has 2 aliphatic heterocycles. The normalized spacial score (nSPS) is 24.2. The van der Waals surface area contributed by atoms with Gasteiger partial charge in [-0.05, 0) is 59.4 Å². The van der Waals surface area contributed by atoms with E-state index in [0.717, 1.165) is 29.1 Å². The van der Waals surface area contributed by atoms with Gasteiger partial charge in [-0.3, -0.25) is 0 Å². The number of allylic oxidation sites excluding steroid dienone is 4. The van der Waals surface area contributed by atoms with Crippen molar-refractivity contribution in [3.63, 3.8) is 0 Å². The summed E-state index contributed by atoms with van der Waals surface area (Å²) in [5, 5.41) is 9.44. The van der Waals surface area contributed by atoms with E-state index in [4.69, 9.17) is 18.8 Å². The summed E-state index contributed by atoms with van der Waals surface area (Å²) >= 11 is 6.20. The molecule has 3 aliphatic rings. The number of rotatable bonds is 0. The first-order valence-corrected chi connectivity index (χ1v) is 12.0.